The lowest BCUT2D eigenvalue weighted by atomic mass is 10.0. The van der Waals surface area contributed by atoms with E-state index in [9.17, 15) is 0 Å². The van der Waals surface area contributed by atoms with Gasteiger partial charge in [0.15, 0.2) is 0 Å². The van der Waals surface area contributed by atoms with Crippen molar-refractivity contribution in [3.63, 3.8) is 0 Å². The van der Waals surface area contributed by atoms with Gasteiger partial charge in [0.05, 0.1) is 0 Å². The second kappa shape index (κ2) is 6.96. The van der Waals surface area contributed by atoms with Gasteiger partial charge in [0.1, 0.15) is 0 Å². The van der Waals surface area contributed by atoms with Gasteiger partial charge in [-0.1, -0.05) is 72.8 Å². The number of aromatic amines is 1. The second-order valence-electron chi connectivity index (χ2n) is 6.47. The molecule has 1 heterocycles. The number of hydrogen-bond donors (Lipinski definition) is 2. The maximum Gasteiger partial charge on any atom is 0.0456 e. The summed E-state index contributed by atoms with van der Waals surface area (Å²) >= 11 is 0. The molecular weight excluding hydrogens is 304 g/mol. The predicted molar refractivity (Wildman–Crippen MR) is 105 cm³/mol. The molecule has 0 radical (unpaired) electrons. The number of para-hydroxylation sites is 1. The van der Waals surface area contributed by atoms with Crippen LogP contribution in [0.2, 0.25) is 0 Å². The Morgan fingerprint density at radius 2 is 1.48 bits per heavy atom. The van der Waals surface area contributed by atoms with Crippen LogP contribution in [0.4, 0.5) is 0 Å². The van der Waals surface area contributed by atoms with E-state index in [1.807, 2.05) is 6.07 Å². The second-order valence-corrected chi connectivity index (χ2v) is 6.47. The zero-order chi connectivity index (χ0) is 17.1. The van der Waals surface area contributed by atoms with Crippen LogP contribution in [-0.4, -0.2) is 4.98 Å². The van der Waals surface area contributed by atoms with E-state index in [-0.39, 0.29) is 0 Å². The Kier molecular flexibility index (Phi) is 4.36. The van der Waals surface area contributed by atoms with Crippen LogP contribution in [0.1, 0.15) is 24.2 Å². The first-order valence-electron chi connectivity index (χ1n) is 8.75. The van der Waals surface area contributed by atoms with Crippen molar-refractivity contribution in [3.05, 3.63) is 96.2 Å². The van der Waals surface area contributed by atoms with Gasteiger partial charge in [0.2, 0.25) is 0 Å². The highest BCUT2D eigenvalue weighted by Gasteiger charge is 2.07. The maximum absolute atomic E-state index is 3.60. The van der Waals surface area contributed by atoms with Crippen LogP contribution in [0.3, 0.4) is 0 Å². The summed E-state index contributed by atoms with van der Waals surface area (Å²) in [5, 5.41) is 4.87. The van der Waals surface area contributed by atoms with Crippen molar-refractivity contribution < 1.29 is 0 Å². The largest absolute Gasteiger partial charge is 0.357 e. The molecule has 0 spiro atoms. The van der Waals surface area contributed by atoms with Gasteiger partial charge in [-0.25, -0.2) is 0 Å². The minimum Gasteiger partial charge on any atom is -0.357 e. The van der Waals surface area contributed by atoms with Crippen LogP contribution in [0.25, 0.3) is 22.0 Å². The molecule has 0 aliphatic carbocycles. The van der Waals surface area contributed by atoms with Gasteiger partial charge in [-0.2, -0.15) is 0 Å². The van der Waals surface area contributed by atoms with Crippen LogP contribution in [-0.2, 0) is 6.54 Å². The Balaban J connectivity index is 1.43. The molecule has 0 aliphatic rings. The average molecular weight is 326 g/mol. The highest BCUT2D eigenvalue weighted by molar-refractivity contribution is 5.80. The Morgan fingerprint density at radius 3 is 2.24 bits per heavy atom. The molecule has 3 aromatic carbocycles. The smallest absolute Gasteiger partial charge is 0.0456 e. The van der Waals surface area contributed by atoms with E-state index in [4.69, 9.17) is 0 Å². The monoisotopic (exact) mass is 326 g/mol. The Bertz CT molecular complexity index is 919. The zero-order valence-electron chi connectivity index (χ0n) is 14.4. The fourth-order valence-corrected chi connectivity index (χ4v) is 3.20. The Labute approximate surface area is 148 Å². The molecule has 0 saturated heterocycles. The third kappa shape index (κ3) is 3.49. The zero-order valence-corrected chi connectivity index (χ0v) is 14.4. The van der Waals surface area contributed by atoms with Gasteiger partial charge in [-0.3, -0.25) is 0 Å². The van der Waals surface area contributed by atoms with E-state index < -0.39 is 0 Å². The van der Waals surface area contributed by atoms with Crippen molar-refractivity contribution in [1.82, 2.24) is 10.3 Å². The Morgan fingerprint density at radius 1 is 0.800 bits per heavy atom. The quantitative estimate of drug-likeness (QED) is 0.485. The van der Waals surface area contributed by atoms with Gasteiger partial charge in [0.25, 0.3) is 0 Å². The van der Waals surface area contributed by atoms with Gasteiger partial charge in [-0.15, -0.1) is 0 Å². The molecular formula is C23H22N2. The summed E-state index contributed by atoms with van der Waals surface area (Å²) in [6.07, 6.45) is 0. The molecule has 25 heavy (non-hydrogen) atoms. The molecule has 0 amide bonds. The minimum absolute atomic E-state index is 0.302. The summed E-state index contributed by atoms with van der Waals surface area (Å²) in [5.41, 5.74) is 6.23. The fraction of sp³-hybridized carbons (Fsp3) is 0.130. The molecule has 2 N–H and O–H groups in total. The van der Waals surface area contributed by atoms with Crippen molar-refractivity contribution in [2.24, 2.45) is 0 Å². The molecule has 4 aromatic rings. The molecule has 4 rings (SSSR count). The number of benzene rings is 3. The maximum atomic E-state index is 3.60. The van der Waals surface area contributed by atoms with Gasteiger partial charge < -0.3 is 10.3 Å². The van der Waals surface area contributed by atoms with E-state index in [1.54, 1.807) is 0 Å². The minimum atomic E-state index is 0.302. The van der Waals surface area contributed by atoms with Crippen LogP contribution in [0.5, 0.6) is 0 Å². The third-order valence-electron chi connectivity index (χ3n) is 4.70. The highest BCUT2D eigenvalue weighted by atomic mass is 14.9. The van der Waals surface area contributed by atoms with Crippen molar-refractivity contribution in [3.8, 4) is 11.1 Å². The average Bonchev–Trinajstić information content (AvgIpc) is 3.10. The number of fused-ring (bicyclic) bond motifs is 1. The van der Waals surface area contributed by atoms with Crippen LogP contribution >= 0.6 is 0 Å². The summed E-state index contributed by atoms with van der Waals surface area (Å²) < 4.78 is 0. The molecule has 1 aromatic heterocycles. The molecule has 0 aliphatic heterocycles. The lowest BCUT2D eigenvalue weighted by Gasteiger charge is -2.14. The first-order valence-corrected chi connectivity index (χ1v) is 8.75. The van der Waals surface area contributed by atoms with Crippen LogP contribution in [0, 0.1) is 0 Å². The number of nitrogens with one attached hydrogen (secondary N) is 2. The van der Waals surface area contributed by atoms with Crippen molar-refractivity contribution >= 4 is 10.9 Å². The van der Waals surface area contributed by atoms with Gasteiger partial charge in [0, 0.05) is 23.8 Å². The lowest BCUT2D eigenvalue weighted by Crippen LogP contribution is -2.18. The van der Waals surface area contributed by atoms with Gasteiger partial charge >= 0.3 is 0 Å². The SMILES string of the molecule is CC(NCc1cc2ccccc2[nH]1)c1ccc(-c2ccccc2)cc1. The van der Waals surface area contributed by atoms with Crippen LogP contribution < -0.4 is 5.32 Å². The topological polar surface area (TPSA) is 27.8 Å². The van der Waals surface area contributed by atoms with Crippen LogP contribution in [0.15, 0.2) is 84.9 Å². The van der Waals surface area contributed by atoms with Gasteiger partial charge in [-0.05, 0) is 41.1 Å². The Hall–Kier alpha value is -2.84. The lowest BCUT2D eigenvalue weighted by molar-refractivity contribution is 0.569. The standard InChI is InChI=1S/C23H22N2/c1-17(24-16-22-15-21-9-5-6-10-23(21)25-22)18-11-13-20(14-12-18)19-7-3-2-4-8-19/h2-15,17,24-25H,16H2,1H3. The number of H-pyrrole nitrogens is 1. The molecule has 2 heteroatoms. The van der Waals surface area contributed by atoms with Crippen molar-refractivity contribution in [2.75, 3.05) is 0 Å². The van der Waals surface area contributed by atoms with E-state index >= 15 is 0 Å². The van der Waals surface area contributed by atoms with E-state index in [2.05, 4.69) is 96.1 Å². The molecule has 0 bridgehead atoms. The molecule has 2 nitrogen and oxygen atoms in total. The van der Waals surface area contributed by atoms with E-state index in [0.29, 0.717) is 6.04 Å². The normalized spacial score (nSPS) is 12.4. The van der Waals surface area contributed by atoms with Crippen molar-refractivity contribution in [2.45, 2.75) is 19.5 Å². The number of hydrogen-bond acceptors (Lipinski definition) is 1. The summed E-state index contributed by atoms with van der Waals surface area (Å²) in [4.78, 5) is 3.47. The molecule has 1 unspecified atom stereocenters. The summed E-state index contributed by atoms with van der Waals surface area (Å²) in [6.45, 7) is 3.04. The first-order chi connectivity index (χ1) is 12.3. The highest BCUT2D eigenvalue weighted by Crippen LogP contribution is 2.22. The number of aromatic nitrogens is 1. The molecule has 0 fully saturated rings. The summed E-state index contributed by atoms with van der Waals surface area (Å²) in [5.74, 6) is 0. The molecule has 0 saturated carbocycles. The van der Waals surface area contributed by atoms with E-state index in [0.717, 1.165) is 6.54 Å². The number of rotatable bonds is 5. The third-order valence-corrected chi connectivity index (χ3v) is 4.70. The molecule has 124 valence electrons. The van der Waals surface area contributed by atoms with Crippen molar-refractivity contribution in [1.29, 1.82) is 0 Å². The first kappa shape index (κ1) is 15.7. The van der Waals surface area contributed by atoms with E-state index in [1.165, 1.54) is 33.3 Å². The predicted octanol–water partition coefficient (Wildman–Crippen LogP) is 5.69. The fourth-order valence-electron chi connectivity index (χ4n) is 3.20. The summed E-state index contributed by atoms with van der Waals surface area (Å²) in [7, 11) is 0. The molecule has 1 atom stereocenters. The summed E-state index contributed by atoms with van der Waals surface area (Å²) in [6, 6.07) is 30.2.